The number of amides is 2. The standard InChI is InChI=1S/C25H28N2O6/c1-15(2)27(13-22(28)29)24(30)23-21(11-12-32-23)26-25(31)33-14-20-18-9-5-3-7-16(18)17-8-4-6-10-19(17)20/h3-10,15,20-21,23H,11-14H2,1-2H3,(H,26,31)(H,28,29)/t21-,23+/m1/s1. The first-order chi connectivity index (χ1) is 15.9. The Balaban J connectivity index is 1.40. The van der Waals surface area contributed by atoms with Crippen molar-refractivity contribution >= 4 is 18.0 Å². The van der Waals surface area contributed by atoms with E-state index >= 15 is 0 Å². The summed E-state index contributed by atoms with van der Waals surface area (Å²) < 4.78 is 11.1. The van der Waals surface area contributed by atoms with Crippen LogP contribution in [0.1, 0.15) is 37.3 Å². The Labute approximate surface area is 192 Å². The van der Waals surface area contributed by atoms with E-state index in [1.165, 1.54) is 4.90 Å². The smallest absolute Gasteiger partial charge is 0.407 e. The highest BCUT2D eigenvalue weighted by atomic mass is 16.6. The molecular formula is C25H28N2O6. The van der Waals surface area contributed by atoms with Gasteiger partial charge < -0.3 is 24.8 Å². The second kappa shape index (κ2) is 9.62. The number of nitrogens with one attached hydrogen (secondary N) is 1. The van der Waals surface area contributed by atoms with Crippen LogP contribution in [0.15, 0.2) is 48.5 Å². The van der Waals surface area contributed by atoms with Gasteiger partial charge in [0.15, 0.2) is 6.10 Å². The molecule has 2 N–H and O–H groups in total. The van der Waals surface area contributed by atoms with Gasteiger partial charge in [-0.2, -0.15) is 0 Å². The molecule has 174 valence electrons. The Morgan fingerprint density at radius 3 is 2.27 bits per heavy atom. The van der Waals surface area contributed by atoms with Crippen LogP contribution in [0.3, 0.4) is 0 Å². The van der Waals surface area contributed by atoms with Crippen molar-refractivity contribution in [1.82, 2.24) is 10.2 Å². The molecule has 0 spiro atoms. The van der Waals surface area contributed by atoms with Crippen LogP contribution in [0.4, 0.5) is 4.79 Å². The zero-order valence-electron chi connectivity index (χ0n) is 18.7. The SMILES string of the molecule is CC(C)N(CC(=O)O)C(=O)[C@H]1OCC[C@H]1NC(=O)OCC1c2ccccc2-c2ccccc21. The summed E-state index contributed by atoms with van der Waals surface area (Å²) >= 11 is 0. The van der Waals surface area contributed by atoms with Crippen molar-refractivity contribution in [3.8, 4) is 11.1 Å². The van der Waals surface area contributed by atoms with E-state index in [4.69, 9.17) is 14.6 Å². The summed E-state index contributed by atoms with van der Waals surface area (Å²) in [6.07, 6.45) is -1.12. The maximum Gasteiger partial charge on any atom is 0.407 e. The maximum absolute atomic E-state index is 12.9. The number of benzene rings is 2. The van der Waals surface area contributed by atoms with Gasteiger partial charge in [0.05, 0.1) is 6.04 Å². The molecule has 2 amide bonds. The lowest BCUT2D eigenvalue weighted by molar-refractivity contribution is -0.151. The number of hydrogen-bond donors (Lipinski definition) is 2. The summed E-state index contributed by atoms with van der Waals surface area (Å²) in [5.41, 5.74) is 4.52. The highest BCUT2D eigenvalue weighted by Crippen LogP contribution is 2.44. The topological polar surface area (TPSA) is 105 Å². The normalized spacial score (nSPS) is 19.1. The van der Waals surface area contributed by atoms with E-state index in [1.807, 2.05) is 36.4 Å². The lowest BCUT2D eigenvalue weighted by Crippen LogP contribution is -2.52. The lowest BCUT2D eigenvalue weighted by Gasteiger charge is -2.29. The number of fused-ring (bicyclic) bond motifs is 3. The van der Waals surface area contributed by atoms with Crippen LogP contribution < -0.4 is 5.32 Å². The summed E-state index contributed by atoms with van der Waals surface area (Å²) in [5.74, 6) is -1.61. The van der Waals surface area contributed by atoms with Crippen molar-refractivity contribution in [1.29, 1.82) is 0 Å². The number of hydrogen-bond acceptors (Lipinski definition) is 5. The average Bonchev–Trinajstić information content (AvgIpc) is 3.38. The average molecular weight is 453 g/mol. The molecule has 1 fully saturated rings. The molecular weight excluding hydrogens is 424 g/mol. The molecule has 1 heterocycles. The van der Waals surface area contributed by atoms with E-state index in [-0.39, 0.29) is 18.6 Å². The van der Waals surface area contributed by atoms with Gasteiger partial charge in [0.2, 0.25) is 0 Å². The van der Waals surface area contributed by atoms with E-state index < -0.39 is 36.7 Å². The van der Waals surface area contributed by atoms with Crippen LogP contribution >= 0.6 is 0 Å². The van der Waals surface area contributed by atoms with Crippen molar-refractivity contribution in [3.63, 3.8) is 0 Å². The van der Waals surface area contributed by atoms with Crippen molar-refractivity contribution in [2.75, 3.05) is 19.8 Å². The van der Waals surface area contributed by atoms with E-state index in [1.54, 1.807) is 13.8 Å². The number of aliphatic carboxylic acids is 1. The fourth-order valence-corrected chi connectivity index (χ4v) is 4.60. The van der Waals surface area contributed by atoms with Crippen LogP contribution in [0.2, 0.25) is 0 Å². The van der Waals surface area contributed by atoms with Gasteiger partial charge in [-0.15, -0.1) is 0 Å². The first kappa shape index (κ1) is 22.8. The van der Waals surface area contributed by atoms with Gasteiger partial charge in [-0.1, -0.05) is 48.5 Å². The minimum absolute atomic E-state index is 0.0626. The zero-order chi connectivity index (χ0) is 23.5. The molecule has 0 unspecified atom stereocenters. The summed E-state index contributed by atoms with van der Waals surface area (Å²) in [4.78, 5) is 37.9. The van der Waals surface area contributed by atoms with Crippen molar-refractivity contribution in [2.24, 2.45) is 0 Å². The summed E-state index contributed by atoms with van der Waals surface area (Å²) in [7, 11) is 0. The zero-order valence-corrected chi connectivity index (χ0v) is 18.7. The number of rotatable bonds is 7. The number of carboxylic acids is 1. The third kappa shape index (κ3) is 4.71. The molecule has 1 aliphatic heterocycles. The monoisotopic (exact) mass is 452 g/mol. The van der Waals surface area contributed by atoms with Crippen LogP contribution in [-0.2, 0) is 19.1 Å². The molecule has 1 aliphatic carbocycles. The van der Waals surface area contributed by atoms with Crippen molar-refractivity contribution in [3.05, 3.63) is 59.7 Å². The lowest BCUT2D eigenvalue weighted by atomic mass is 9.98. The molecule has 2 aromatic carbocycles. The van der Waals surface area contributed by atoms with E-state index in [9.17, 15) is 14.4 Å². The second-order valence-corrected chi connectivity index (χ2v) is 8.61. The van der Waals surface area contributed by atoms with E-state index in [2.05, 4.69) is 17.4 Å². The third-order valence-electron chi connectivity index (χ3n) is 6.19. The van der Waals surface area contributed by atoms with Crippen molar-refractivity contribution in [2.45, 2.75) is 44.4 Å². The molecule has 8 heteroatoms. The molecule has 0 radical (unpaired) electrons. The number of alkyl carbamates (subject to hydrolysis) is 1. The Hall–Kier alpha value is -3.39. The highest BCUT2D eigenvalue weighted by Gasteiger charge is 2.39. The van der Waals surface area contributed by atoms with Crippen LogP contribution in [0.25, 0.3) is 11.1 Å². The molecule has 0 aromatic heterocycles. The van der Waals surface area contributed by atoms with Crippen LogP contribution in [-0.4, -0.2) is 65.9 Å². The Bertz CT molecular complexity index is 1010. The molecule has 0 bridgehead atoms. The van der Waals surface area contributed by atoms with Crippen molar-refractivity contribution < 1.29 is 29.0 Å². The summed E-state index contributed by atoms with van der Waals surface area (Å²) in [6.45, 7) is 3.52. The molecule has 33 heavy (non-hydrogen) atoms. The Morgan fingerprint density at radius 1 is 1.09 bits per heavy atom. The van der Waals surface area contributed by atoms with Gasteiger partial charge in [0.25, 0.3) is 5.91 Å². The van der Waals surface area contributed by atoms with Gasteiger partial charge in [-0.05, 0) is 42.5 Å². The summed E-state index contributed by atoms with van der Waals surface area (Å²) in [5, 5.41) is 11.9. The van der Waals surface area contributed by atoms with Gasteiger partial charge in [0.1, 0.15) is 13.2 Å². The molecule has 2 atom stereocenters. The van der Waals surface area contributed by atoms with Gasteiger partial charge in [0, 0.05) is 18.6 Å². The van der Waals surface area contributed by atoms with E-state index in [0.29, 0.717) is 13.0 Å². The second-order valence-electron chi connectivity index (χ2n) is 8.61. The third-order valence-corrected chi connectivity index (χ3v) is 6.19. The molecule has 1 saturated heterocycles. The van der Waals surface area contributed by atoms with Crippen LogP contribution in [0, 0.1) is 0 Å². The van der Waals surface area contributed by atoms with Gasteiger partial charge in [-0.25, -0.2) is 4.79 Å². The molecule has 4 rings (SSSR count). The largest absolute Gasteiger partial charge is 0.480 e. The summed E-state index contributed by atoms with van der Waals surface area (Å²) in [6, 6.07) is 15.3. The fourth-order valence-electron chi connectivity index (χ4n) is 4.60. The van der Waals surface area contributed by atoms with Gasteiger partial charge in [-0.3, -0.25) is 9.59 Å². The predicted octanol–water partition coefficient (Wildman–Crippen LogP) is 3.00. The maximum atomic E-state index is 12.9. The number of ether oxygens (including phenoxy) is 2. The first-order valence-corrected chi connectivity index (χ1v) is 11.1. The quantitative estimate of drug-likeness (QED) is 0.669. The van der Waals surface area contributed by atoms with Gasteiger partial charge >= 0.3 is 12.1 Å². The first-order valence-electron chi connectivity index (χ1n) is 11.1. The molecule has 2 aromatic rings. The Kier molecular flexibility index (Phi) is 6.65. The molecule has 0 saturated carbocycles. The Morgan fingerprint density at radius 2 is 1.70 bits per heavy atom. The number of carbonyl (C=O) groups is 3. The fraction of sp³-hybridized carbons (Fsp3) is 0.400. The molecule has 2 aliphatic rings. The molecule has 8 nitrogen and oxygen atoms in total. The number of carbonyl (C=O) groups excluding carboxylic acids is 2. The van der Waals surface area contributed by atoms with Crippen LogP contribution in [0.5, 0.6) is 0 Å². The minimum Gasteiger partial charge on any atom is -0.480 e. The predicted molar refractivity (Wildman–Crippen MR) is 121 cm³/mol. The highest BCUT2D eigenvalue weighted by molar-refractivity contribution is 5.86. The number of nitrogens with zero attached hydrogens (tertiary/aromatic N) is 1. The minimum atomic E-state index is -1.10. The van der Waals surface area contributed by atoms with E-state index in [0.717, 1.165) is 22.3 Å². The number of carboxylic acid groups (broad SMARTS) is 1.